The maximum Gasteiger partial charge on any atom is 0.254 e. The Morgan fingerprint density at radius 3 is 2.61 bits per heavy atom. The maximum absolute atomic E-state index is 13.9. The molecule has 2 amide bonds. The molecular weight excluding hydrogens is 530 g/mol. The summed E-state index contributed by atoms with van der Waals surface area (Å²) in [6.45, 7) is 0.0401. The van der Waals surface area contributed by atoms with Crippen molar-refractivity contribution in [3.63, 3.8) is 0 Å². The van der Waals surface area contributed by atoms with Gasteiger partial charge in [0.05, 0.1) is 34.5 Å². The van der Waals surface area contributed by atoms with Crippen LogP contribution in [0.5, 0.6) is 0 Å². The second-order valence-electron chi connectivity index (χ2n) is 8.44. The van der Waals surface area contributed by atoms with Crippen LogP contribution in [0.15, 0.2) is 76.3 Å². The van der Waals surface area contributed by atoms with E-state index in [9.17, 15) is 18.4 Å². The van der Waals surface area contributed by atoms with Crippen LogP contribution in [-0.2, 0) is 18.4 Å². The second-order valence-corrected chi connectivity index (χ2v) is 10.3. The van der Waals surface area contributed by atoms with Crippen molar-refractivity contribution in [2.45, 2.75) is 24.2 Å². The zero-order valence-corrected chi connectivity index (χ0v) is 21.8. The second kappa shape index (κ2) is 11.2. The molecule has 12 heteroatoms. The number of thiophene rings is 1. The number of rotatable bonds is 8. The van der Waals surface area contributed by atoms with Gasteiger partial charge in [-0.2, -0.15) is 5.10 Å². The molecule has 2 aromatic heterocycles. The fourth-order valence-electron chi connectivity index (χ4n) is 3.99. The molecule has 1 N–H and O–H groups in total. The molecule has 0 saturated heterocycles. The van der Waals surface area contributed by atoms with Gasteiger partial charge in [0, 0.05) is 13.5 Å². The molecule has 194 valence electrons. The van der Waals surface area contributed by atoms with Gasteiger partial charge in [-0.05, 0) is 41.3 Å². The van der Waals surface area contributed by atoms with Crippen molar-refractivity contribution in [3.8, 4) is 0 Å². The molecule has 3 heterocycles. The van der Waals surface area contributed by atoms with Crippen LogP contribution in [-0.4, -0.2) is 43.1 Å². The fraction of sp³-hybridized carbons (Fsp3) is 0.192. The molecule has 5 rings (SSSR count). The number of hydrogen-bond donors (Lipinski definition) is 1. The highest BCUT2D eigenvalue weighted by Gasteiger charge is 2.33. The molecule has 1 aliphatic heterocycles. The predicted octanol–water partition coefficient (Wildman–Crippen LogP) is 4.55. The van der Waals surface area contributed by atoms with Crippen LogP contribution in [0.3, 0.4) is 0 Å². The number of hydrazone groups is 1. The Morgan fingerprint density at radius 1 is 1.08 bits per heavy atom. The van der Waals surface area contributed by atoms with E-state index in [2.05, 4.69) is 20.6 Å². The summed E-state index contributed by atoms with van der Waals surface area (Å²) in [6.07, 6.45) is 0.526. The molecule has 1 aliphatic rings. The number of nitrogens with one attached hydrogen (secondary N) is 1. The molecule has 1 atom stereocenters. The molecule has 8 nitrogen and oxygen atoms in total. The number of thioether (sulfide) groups is 1. The summed E-state index contributed by atoms with van der Waals surface area (Å²) in [4.78, 5) is 26.6. The van der Waals surface area contributed by atoms with E-state index in [1.807, 2.05) is 17.5 Å². The summed E-state index contributed by atoms with van der Waals surface area (Å²) in [5.74, 6) is -1.24. The number of halogens is 2. The lowest BCUT2D eigenvalue weighted by Crippen LogP contribution is -2.28. The van der Waals surface area contributed by atoms with Gasteiger partial charge in [0.1, 0.15) is 11.6 Å². The zero-order chi connectivity index (χ0) is 26.6. The van der Waals surface area contributed by atoms with Gasteiger partial charge in [-0.25, -0.2) is 13.8 Å². The monoisotopic (exact) mass is 552 g/mol. The summed E-state index contributed by atoms with van der Waals surface area (Å²) in [5.41, 5.74) is 1.55. The van der Waals surface area contributed by atoms with Crippen LogP contribution >= 0.6 is 23.1 Å². The van der Waals surface area contributed by atoms with Crippen LogP contribution < -0.4 is 5.32 Å². The Morgan fingerprint density at radius 2 is 1.87 bits per heavy atom. The average Bonchev–Trinajstić information content (AvgIpc) is 3.67. The lowest BCUT2D eigenvalue weighted by Gasteiger charge is -2.21. The minimum Gasteiger partial charge on any atom is -0.345 e. The molecule has 0 radical (unpaired) electrons. The summed E-state index contributed by atoms with van der Waals surface area (Å²) >= 11 is 2.74. The number of amides is 2. The standard InChI is InChI=1S/C26H22F2N6O2S2/c1-33-23(14-29-25(36)18-5-2-3-6-19(18)28)30-31-26(33)38-15-24(35)34-21(16-8-10-17(27)11-9-16)13-20(32-34)22-7-4-12-37-22/h2-12,21H,13-15H2,1H3,(H,29,36)/t21-/m0/s1. The first-order chi connectivity index (χ1) is 18.4. The molecule has 0 spiro atoms. The van der Waals surface area contributed by atoms with Gasteiger partial charge < -0.3 is 9.88 Å². The first-order valence-corrected chi connectivity index (χ1v) is 13.5. The van der Waals surface area contributed by atoms with Gasteiger partial charge in [-0.1, -0.05) is 42.1 Å². The number of benzene rings is 2. The highest BCUT2D eigenvalue weighted by molar-refractivity contribution is 7.99. The summed E-state index contributed by atoms with van der Waals surface area (Å²) in [5, 5.41) is 19.4. The van der Waals surface area contributed by atoms with Crippen molar-refractivity contribution in [1.29, 1.82) is 0 Å². The van der Waals surface area contributed by atoms with Gasteiger partial charge in [0.2, 0.25) is 0 Å². The molecule has 0 fully saturated rings. The van der Waals surface area contributed by atoms with Crippen LogP contribution in [0.25, 0.3) is 0 Å². The van der Waals surface area contributed by atoms with E-state index in [-0.39, 0.29) is 35.6 Å². The quantitative estimate of drug-likeness (QED) is 0.324. The van der Waals surface area contributed by atoms with Crippen molar-refractivity contribution in [3.05, 3.63) is 99.5 Å². The van der Waals surface area contributed by atoms with Gasteiger partial charge in [-0.15, -0.1) is 21.5 Å². The van der Waals surface area contributed by atoms with Gasteiger partial charge in [0.25, 0.3) is 11.8 Å². The summed E-state index contributed by atoms with van der Waals surface area (Å²) in [7, 11) is 1.72. The van der Waals surface area contributed by atoms with Gasteiger partial charge in [0.15, 0.2) is 11.0 Å². The Hall–Kier alpha value is -3.90. The minimum atomic E-state index is -0.608. The first kappa shape index (κ1) is 25.7. The Bertz CT molecular complexity index is 1490. The van der Waals surface area contributed by atoms with Crippen LogP contribution in [0.4, 0.5) is 8.78 Å². The van der Waals surface area contributed by atoms with Crippen molar-refractivity contribution in [1.82, 2.24) is 25.1 Å². The van der Waals surface area contributed by atoms with Crippen LogP contribution in [0.1, 0.15) is 39.1 Å². The SMILES string of the molecule is Cn1c(CNC(=O)c2ccccc2F)nnc1SCC(=O)N1N=C(c2cccs2)C[C@H]1c1ccc(F)cc1. The van der Waals surface area contributed by atoms with Crippen molar-refractivity contribution in [2.24, 2.45) is 12.1 Å². The molecule has 0 unspecified atom stereocenters. The summed E-state index contributed by atoms with van der Waals surface area (Å²) in [6, 6.07) is 15.4. The Kier molecular flexibility index (Phi) is 7.61. The minimum absolute atomic E-state index is 0.0401. The number of hydrogen-bond acceptors (Lipinski definition) is 7. The van der Waals surface area contributed by atoms with Gasteiger partial charge >= 0.3 is 0 Å². The third kappa shape index (κ3) is 5.50. The van der Waals surface area contributed by atoms with E-state index < -0.39 is 11.7 Å². The fourth-order valence-corrected chi connectivity index (χ4v) is 5.50. The van der Waals surface area contributed by atoms with Crippen molar-refractivity contribution < 1.29 is 18.4 Å². The topological polar surface area (TPSA) is 92.5 Å². The zero-order valence-electron chi connectivity index (χ0n) is 20.2. The molecule has 4 aromatic rings. The third-order valence-electron chi connectivity index (χ3n) is 6.00. The van der Waals surface area contributed by atoms with E-state index in [0.717, 1.165) is 16.2 Å². The first-order valence-electron chi connectivity index (χ1n) is 11.6. The summed E-state index contributed by atoms with van der Waals surface area (Å²) < 4.78 is 29.0. The lowest BCUT2D eigenvalue weighted by molar-refractivity contribution is -0.130. The smallest absolute Gasteiger partial charge is 0.254 e. The average molecular weight is 553 g/mol. The van der Waals surface area contributed by atoms with Crippen LogP contribution in [0.2, 0.25) is 0 Å². The number of carbonyl (C=O) groups excluding carboxylic acids is 2. The van der Waals surface area contributed by atoms with E-state index in [1.54, 1.807) is 41.2 Å². The predicted molar refractivity (Wildman–Crippen MR) is 141 cm³/mol. The Balaban J connectivity index is 1.25. The number of nitrogens with zero attached hydrogens (tertiary/aromatic N) is 5. The van der Waals surface area contributed by atoms with E-state index in [1.165, 1.54) is 47.1 Å². The van der Waals surface area contributed by atoms with Crippen LogP contribution in [0, 0.1) is 11.6 Å². The normalized spacial score (nSPS) is 15.0. The van der Waals surface area contributed by atoms with Crippen molar-refractivity contribution >= 4 is 40.6 Å². The highest BCUT2D eigenvalue weighted by atomic mass is 32.2. The van der Waals surface area contributed by atoms with Gasteiger partial charge in [-0.3, -0.25) is 9.59 Å². The molecular formula is C26H22F2N6O2S2. The highest BCUT2D eigenvalue weighted by Crippen LogP contribution is 2.34. The number of carbonyl (C=O) groups is 2. The van der Waals surface area contributed by atoms with E-state index >= 15 is 0 Å². The number of aromatic nitrogens is 3. The Labute approximate surface area is 225 Å². The maximum atomic E-state index is 13.9. The van der Waals surface area contributed by atoms with E-state index in [0.29, 0.717) is 17.4 Å². The molecule has 0 aliphatic carbocycles. The molecule has 0 saturated carbocycles. The third-order valence-corrected chi connectivity index (χ3v) is 7.93. The van der Waals surface area contributed by atoms with E-state index in [4.69, 9.17) is 0 Å². The molecule has 38 heavy (non-hydrogen) atoms. The molecule has 2 aromatic carbocycles. The largest absolute Gasteiger partial charge is 0.345 e. The molecule has 0 bridgehead atoms. The lowest BCUT2D eigenvalue weighted by atomic mass is 10.0. The van der Waals surface area contributed by atoms with Crippen molar-refractivity contribution in [2.75, 3.05) is 5.75 Å².